The Morgan fingerprint density at radius 2 is 1.85 bits per heavy atom. The first-order valence-electron chi connectivity index (χ1n) is 6.00. The molecule has 0 saturated carbocycles. The highest BCUT2D eigenvalue weighted by molar-refractivity contribution is 5.90. The van der Waals surface area contributed by atoms with Crippen LogP contribution in [0.4, 0.5) is 10.5 Å². The molecule has 1 N–H and O–H groups in total. The molecule has 20 heavy (non-hydrogen) atoms. The average Bonchev–Trinajstić information content (AvgIpc) is 3.03. The van der Waals surface area contributed by atoms with Crippen LogP contribution in [0.3, 0.4) is 0 Å². The van der Waals surface area contributed by atoms with Gasteiger partial charge in [0.1, 0.15) is 6.33 Å². The van der Waals surface area contributed by atoms with Crippen molar-refractivity contribution >= 4 is 11.7 Å². The molecule has 0 unspecified atom stereocenters. The maximum atomic E-state index is 11.8. The van der Waals surface area contributed by atoms with E-state index in [2.05, 4.69) is 20.3 Å². The van der Waals surface area contributed by atoms with Crippen LogP contribution in [0.1, 0.15) is 0 Å². The van der Waals surface area contributed by atoms with Gasteiger partial charge in [-0.15, -0.1) is 0 Å². The van der Waals surface area contributed by atoms with Crippen LogP contribution in [0.25, 0.3) is 11.4 Å². The number of amides is 1. The minimum absolute atomic E-state index is 0.307. The number of rotatable bonds is 2. The summed E-state index contributed by atoms with van der Waals surface area (Å²) in [6.45, 7) is 0. The van der Waals surface area contributed by atoms with E-state index in [-0.39, 0.29) is 6.03 Å². The number of nitrogens with zero attached hydrogens (tertiary/aromatic N) is 4. The Bertz CT molecular complexity index is 692. The van der Waals surface area contributed by atoms with E-state index in [4.69, 9.17) is 0 Å². The van der Waals surface area contributed by atoms with Gasteiger partial charge in [0.05, 0.1) is 18.1 Å². The van der Waals surface area contributed by atoms with E-state index < -0.39 is 0 Å². The second-order valence-corrected chi connectivity index (χ2v) is 4.06. The third-order valence-corrected chi connectivity index (χ3v) is 2.67. The molecule has 1 aromatic carbocycles. The third kappa shape index (κ3) is 2.54. The molecule has 0 aliphatic rings. The number of imidazole rings is 1. The molecule has 0 aliphatic heterocycles. The molecule has 0 aliphatic carbocycles. The standard InChI is InChI=1S/C14H11N5O/c20-14(19-7-6-15-10-19)18-12-8-16-13(17-9-12)11-4-2-1-3-5-11/h1-10H,(H,18,20). The fourth-order valence-electron chi connectivity index (χ4n) is 1.70. The Hall–Kier alpha value is -3.02. The van der Waals surface area contributed by atoms with Crippen LogP contribution in [0, 0.1) is 0 Å². The van der Waals surface area contributed by atoms with Crippen LogP contribution in [-0.4, -0.2) is 25.6 Å². The fourth-order valence-corrected chi connectivity index (χ4v) is 1.70. The van der Waals surface area contributed by atoms with E-state index in [0.717, 1.165) is 5.56 Å². The summed E-state index contributed by atoms with van der Waals surface area (Å²) >= 11 is 0. The lowest BCUT2D eigenvalue weighted by Crippen LogP contribution is -2.18. The van der Waals surface area contributed by atoms with Crippen molar-refractivity contribution in [1.82, 2.24) is 19.5 Å². The van der Waals surface area contributed by atoms with Crippen LogP contribution < -0.4 is 5.32 Å². The van der Waals surface area contributed by atoms with Crippen LogP contribution in [0.15, 0.2) is 61.4 Å². The van der Waals surface area contributed by atoms with Crippen LogP contribution >= 0.6 is 0 Å². The number of hydrogen-bond donors (Lipinski definition) is 1. The van der Waals surface area contributed by atoms with Crippen molar-refractivity contribution in [1.29, 1.82) is 0 Å². The molecule has 0 radical (unpaired) electrons. The number of anilines is 1. The first-order valence-corrected chi connectivity index (χ1v) is 6.00. The van der Waals surface area contributed by atoms with Crippen molar-refractivity contribution in [3.8, 4) is 11.4 Å². The highest BCUT2D eigenvalue weighted by Crippen LogP contribution is 2.14. The van der Waals surface area contributed by atoms with E-state index >= 15 is 0 Å². The topological polar surface area (TPSA) is 72.7 Å². The van der Waals surface area contributed by atoms with E-state index in [9.17, 15) is 4.79 Å². The molecule has 0 spiro atoms. The van der Waals surface area contributed by atoms with Crippen molar-refractivity contribution in [2.45, 2.75) is 0 Å². The summed E-state index contributed by atoms with van der Waals surface area (Å²) < 4.78 is 1.34. The summed E-state index contributed by atoms with van der Waals surface area (Å²) in [7, 11) is 0. The first kappa shape index (κ1) is 12.0. The molecule has 3 rings (SSSR count). The van der Waals surface area contributed by atoms with Gasteiger partial charge in [-0.1, -0.05) is 30.3 Å². The van der Waals surface area contributed by atoms with Gasteiger partial charge in [0.2, 0.25) is 0 Å². The first-order chi connectivity index (χ1) is 9.83. The SMILES string of the molecule is O=C(Nc1cnc(-c2ccccc2)nc1)n1ccnc1. The second-order valence-electron chi connectivity index (χ2n) is 4.06. The molecule has 6 heteroatoms. The molecule has 0 fully saturated rings. The number of hydrogen-bond acceptors (Lipinski definition) is 4. The van der Waals surface area contributed by atoms with Crippen LogP contribution in [0.2, 0.25) is 0 Å². The number of aromatic nitrogens is 4. The predicted octanol–water partition coefficient (Wildman–Crippen LogP) is 2.42. The predicted molar refractivity (Wildman–Crippen MR) is 74.1 cm³/mol. The van der Waals surface area contributed by atoms with E-state index in [1.54, 1.807) is 18.6 Å². The molecule has 3 aromatic rings. The fraction of sp³-hybridized carbons (Fsp3) is 0. The Balaban J connectivity index is 1.75. The maximum absolute atomic E-state index is 11.8. The van der Waals surface area contributed by atoms with Crippen LogP contribution in [0.5, 0.6) is 0 Å². The largest absolute Gasteiger partial charge is 0.331 e. The smallest absolute Gasteiger partial charge is 0.304 e. The number of nitrogens with one attached hydrogen (secondary N) is 1. The normalized spacial score (nSPS) is 10.2. The number of carbonyl (C=O) groups is 1. The number of carbonyl (C=O) groups excluding carboxylic acids is 1. The zero-order valence-electron chi connectivity index (χ0n) is 10.5. The minimum atomic E-state index is -0.307. The van der Waals surface area contributed by atoms with Gasteiger partial charge in [0.15, 0.2) is 5.82 Å². The van der Waals surface area contributed by atoms with Crippen molar-refractivity contribution in [3.63, 3.8) is 0 Å². The molecule has 0 saturated heterocycles. The maximum Gasteiger partial charge on any atom is 0.331 e. The molecule has 98 valence electrons. The van der Waals surface area contributed by atoms with Gasteiger partial charge < -0.3 is 5.32 Å². The molecule has 0 atom stereocenters. The van der Waals surface area contributed by atoms with Crippen molar-refractivity contribution < 1.29 is 4.79 Å². The molecule has 1 amide bonds. The molecular formula is C14H11N5O. The van der Waals surface area contributed by atoms with Gasteiger partial charge in [-0.05, 0) is 0 Å². The van der Waals surface area contributed by atoms with Gasteiger partial charge >= 0.3 is 6.03 Å². The van der Waals surface area contributed by atoms with Gasteiger partial charge in [-0.3, -0.25) is 4.57 Å². The van der Waals surface area contributed by atoms with Gasteiger partial charge in [-0.25, -0.2) is 19.7 Å². The van der Waals surface area contributed by atoms with Crippen LogP contribution in [-0.2, 0) is 0 Å². The lowest BCUT2D eigenvalue weighted by atomic mass is 10.2. The lowest BCUT2D eigenvalue weighted by molar-refractivity contribution is 0.253. The molecule has 0 bridgehead atoms. The third-order valence-electron chi connectivity index (χ3n) is 2.67. The summed E-state index contributed by atoms with van der Waals surface area (Å²) in [4.78, 5) is 24.1. The van der Waals surface area contributed by atoms with Crippen molar-refractivity contribution in [2.24, 2.45) is 0 Å². The molecule has 2 aromatic heterocycles. The lowest BCUT2D eigenvalue weighted by Gasteiger charge is -2.05. The van der Waals surface area contributed by atoms with Gasteiger partial charge in [-0.2, -0.15) is 0 Å². The second kappa shape index (κ2) is 5.31. The Labute approximate surface area is 115 Å². The van der Waals surface area contributed by atoms with Gasteiger partial charge in [0.25, 0.3) is 0 Å². The average molecular weight is 265 g/mol. The summed E-state index contributed by atoms with van der Waals surface area (Å²) in [6.07, 6.45) is 7.67. The van der Waals surface area contributed by atoms with Crippen molar-refractivity contribution in [2.75, 3.05) is 5.32 Å². The highest BCUT2D eigenvalue weighted by Gasteiger charge is 2.05. The summed E-state index contributed by atoms with van der Waals surface area (Å²) in [5, 5.41) is 2.68. The van der Waals surface area contributed by atoms with Gasteiger partial charge in [0, 0.05) is 18.0 Å². The minimum Gasteiger partial charge on any atom is -0.304 e. The number of benzene rings is 1. The van der Waals surface area contributed by atoms with E-state index in [1.807, 2.05) is 30.3 Å². The molecular weight excluding hydrogens is 254 g/mol. The summed E-state index contributed by atoms with van der Waals surface area (Å²) in [6, 6.07) is 9.33. The molecule has 6 nitrogen and oxygen atoms in total. The quantitative estimate of drug-likeness (QED) is 0.772. The zero-order valence-corrected chi connectivity index (χ0v) is 10.5. The summed E-state index contributed by atoms with van der Waals surface area (Å²) in [5.74, 6) is 0.617. The summed E-state index contributed by atoms with van der Waals surface area (Å²) in [5.41, 5.74) is 1.46. The van der Waals surface area contributed by atoms with E-state index in [0.29, 0.717) is 11.5 Å². The Morgan fingerprint density at radius 1 is 1.10 bits per heavy atom. The highest BCUT2D eigenvalue weighted by atomic mass is 16.2. The van der Waals surface area contributed by atoms with E-state index in [1.165, 1.54) is 17.1 Å². The molecule has 2 heterocycles. The zero-order chi connectivity index (χ0) is 13.8. The monoisotopic (exact) mass is 265 g/mol. The van der Waals surface area contributed by atoms with Crippen molar-refractivity contribution in [3.05, 3.63) is 61.4 Å². The Morgan fingerprint density at radius 3 is 2.50 bits per heavy atom. The Kier molecular flexibility index (Phi) is 3.20.